The van der Waals surface area contributed by atoms with E-state index in [1.807, 2.05) is 13.8 Å². The average molecular weight is 274 g/mol. The van der Waals surface area contributed by atoms with Crippen LogP contribution in [-0.2, 0) is 0 Å². The summed E-state index contributed by atoms with van der Waals surface area (Å²) in [7, 11) is 0. The predicted octanol–water partition coefficient (Wildman–Crippen LogP) is 2.97. The molecule has 1 aromatic rings. The summed E-state index contributed by atoms with van der Waals surface area (Å²) in [5.41, 5.74) is 0.0823. The summed E-state index contributed by atoms with van der Waals surface area (Å²) in [6.45, 7) is 4.52. The minimum Gasteiger partial charge on any atom is -0.352 e. The summed E-state index contributed by atoms with van der Waals surface area (Å²) in [5.74, 6) is -0.521. The molecule has 0 aromatic heterocycles. The second kappa shape index (κ2) is 5.26. The van der Waals surface area contributed by atoms with E-state index in [-0.39, 0.29) is 11.5 Å². The number of hydrogen-bond donors (Lipinski definition) is 1. The molecule has 1 rings (SSSR count). The quantitative estimate of drug-likeness (QED) is 0.902. The zero-order valence-corrected chi connectivity index (χ0v) is 10.3. The van der Waals surface area contributed by atoms with Gasteiger partial charge in [-0.2, -0.15) is 0 Å². The first-order chi connectivity index (χ1) is 7.00. The lowest BCUT2D eigenvalue weighted by atomic mass is 10.2. The van der Waals surface area contributed by atoms with Gasteiger partial charge in [-0.3, -0.25) is 4.79 Å². The van der Waals surface area contributed by atoms with Gasteiger partial charge in [0.2, 0.25) is 0 Å². The predicted molar refractivity (Wildman–Crippen MR) is 61.3 cm³/mol. The molecule has 0 aliphatic heterocycles. The highest BCUT2D eigenvalue weighted by Gasteiger charge is 2.11. The molecule has 0 bridgehead atoms. The maximum absolute atomic E-state index is 13.3. The standard InChI is InChI=1S/C11H13BrFNO/c1-7(2)6-14-11(15)9-4-3-8(12)5-10(9)13/h3-5,7H,6H2,1-2H3,(H,14,15). The van der Waals surface area contributed by atoms with Gasteiger partial charge in [-0.1, -0.05) is 29.8 Å². The minimum absolute atomic E-state index is 0.0823. The fourth-order valence-electron chi connectivity index (χ4n) is 1.07. The largest absolute Gasteiger partial charge is 0.352 e. The van der Waals surface area contributed by atoms with Gasteiger partial charge >= 0.3 is 0 Å². The van der Waals surface area contributed by atoms with Gasteiger partial charge in [-0.15, -0.1) is 0 Å². The van der Waals surface area contributed by atoms with Gasteiger partial charge in [-0.25, -0.2) is 4.39 Å². The molecule has 1 aromatic carbocycles. The third-order valence-corrected chi connectivity index (χ3v) is 2.34. The summed E-state index contributed by atoms with van der Waals surface area (Å²) in [5, 5.41) is 2.66. The molecule has 1 N–H and O–H groups in total. The van der Waals surface area contributed by atoms with Crippen LogP contribution in [0.1, 0.15) is 24.2 Å². The van der Waals surface area contributed by atoms with Crippen molar-refractivity contribution in [1.82, 2.24) is 5.32 Å². The van der Waals surface area contributed by atoms with Crippen LogP contribution >= 0.6 is 15.9 Å². The zero-order chi connectivity index (χ0) is 11.4. The van der Waals surface area contributed by atoms with Crippen molar-refractivity contribution in [3.63, 3.8) is 0 Å². The molecule has 0 aliphatic rings. The van der Waals surface area contributed by atoms with E-state index in [9.17, 15) is 9.18 Å². The fourth-order valence-corrected chi connectivity index (χ4v) is 1.40. The van der Waals surface area contributed by atoms with E-state index in [1.165, 1.54) is 12.1 Å². The molecule has 0 saturated heterocycles. The van der Waals surface area contributed by atoms with E-state index in [0.717, 1.165) is 0 Å². The Balaban J connectivity index is 2.74. The van der Waals surface area contributed by atoms with Gasteiger partial charge in [0.05, 0.1) is 5.56 Å². The Kier molecular flexibility index (Phi) is 4.27. The number of benzene rings is 1. The molecule has 0 saturated carbocycles. The Labute approximate surface area is 97.0 Å². The van der Waals surface area contributed by atoms with Crippen LogP contribution in [0.4, 0.5) is 4.39 Å². The summed E-state index contributed by atoms with van der Waals surface area (Å²) in [6.07, 6.45) is 0. The normalized spacial score (nSPS) is 10.5. The average Bonchev–Trinajstić information content (AvgIpc) is 2.14. The Morgan fingerprint density at radius 1 is 1.53 bits per heavy atom. The molecule has 0 unspecified atom stereocenters. The lowest BCUT2D eigenvalue weighted by Gasteiger charge is -2.08. The number of hydrogen-bond acceptors (Lipinski definition) is 1. The number of carbonyl (C=O) groups excluding carboxylic acids is 1. The highest BCUT2D eigenvalue weighted by Crippen LogP contribution is 2.15. The van der Waals surface area contributed by atoms with Crippen molar-refractivity contribution in [2.75, 3.05) is 6.54 Å². The maximum Gasteiger partial charge on any atom is 0.254 e. The van der Waals surface area contributed by atoms with Gasteiger partial charge in [0.1, 0.15) is 5.82 Å². The van der Waals surface area contributed by atoms with Crippen LogP contribution in [0.15, 0.2) is 22.7 Å². The third kappa shape index (κ3) is 3.63. The van der Waals surface area contributed by atoms with Crippen LogP contribution in [0.5, 0.6) is 0 Å². The third-order valence-electron chi connectivity index (χ3n) is 1.85. The molecule has 0 heterocycles. The van der Waals surface area contributed by atoms with Gasteiger partial charge in [-0.05, 0) is 24.1 Å². The van der Waals surface area contributed by atoms with E-state index < -0.39 is 5.82 Å². The van der Waals surface area contributed by atoms with Gasteiger partial charge < -0.3 is 5.32 Å². The van der Waals surface area contributed by atoms with Crippen molar-refractivity contribution in [3.05, 3.63) is 34.1 Å². The van der Waals surface area contributed by atoms with E-state index in [0.29, 0.717) is 16.9 Å². The smallest absolute Gasteiger partial charge is 0.254 e. The number of halogens is 2. The second-order valence-electron chi connectivity index (χ2n) is 3.73. The first-order valence-corrected chi connectivity index (χ1v) is 5.53. The van der Waals surface area contributed by atoms with Gasteiger partial charge in [0.15, 0.2) is 0 Å². The van der Waals surface area contributed by atoms with Crippen molar-refractivity contribution in [2.24, 2.45) is 5.92 Å². The molecule has 1 amide bonds. The molecular formula is C11H13BrFNO. The Bertz CT molecular complexity index is 366. The number of rotatable bonds is 3. The number of carbonyl (C=O) groups is 1. The molecule has 0 aliphatic carbocycles. The lowest BCUT2D eigenvalue weighted by Crippen LogP contribution is -2.28. The first kappa shape index (κ1) is 12.2. The molecule has 2 nitrogen and oxygen atoms in total. The highest BCUT2D eigenvalue weighted by molar-refractivity contribution is 9.10. The van der Waals surface area contributed by atoms with Crippen LogP contribution in [0.3, 0.4) is 0 Å². The first-order valence-electron chi connectivity index (χ1n) is 4.74. The molecule has 4 heteroatoms. The van der Waals surface area contributed by atoms with Crippen LogP contribution in [0.25, 0.3) is 0 Å². The number of amides is 1. The summed E-state index contributed by atoms with van der Waals surface area (Å²) < 4.78 is 14.0. The maximum atomic E-state index is 13.3. The van der Waals surface area contributed by atoms with Crippen LogP contribution in [0, 0.1) is 11.7 Å². The monoisotopic (exact) mass is 273 g/mol. The van der Waals surface area contributed by atoms with Crippen LogP contribution in [-0.4, -0.2) is 12.5 Å². The fraction of sp³-hybridized carbons (Fsp3) is 0.364. The van der Waals surface area contributed by atoms with Gasteiger partial charge in [0.25, 0.3) is 5.91 Å². The van der Waals surface area contributed by atoms with Crippen molar-refractivity contribution >= 4 is 21.8 Å². The van der Waals surface area contributed by atoms with Crippen molar-refractivity contribution in [2.45, 2.75) is 13.8 Å². The van der Waals surface area contributed by atoms with Gasteiger partial charge in [0, 0.05) is 11.0 Å². The van der Waals surface area contributed by atoms with E-state index >= 15 is 0 Å². The molecule has 15 heavy (non-hydrogen) atoms. The lowest BCUT2D eigenvalue weighted by molar-refractivity contribution is 0.0945. The minimum atomic E-state index is -0.509. The van der Waals surface area contributed by atoms with E-state index in [2.05, 4.69) is 21.2 Å². The molecular weight excluding hydrogens is 261 g/mol. The van der Waals surface area contributed by atoms with Crippen LogP contribution < -0.4 is 5.32 Å². The second-order valence-corrected chi connectivity index (χ2v) is 4.64. The highest BCUT2D eigenvalue weighted by atomic mass is 79.9. The molecule has 0 spiro atoms. The molecule has 0 atom stereocenters. The SMILES string of the molecule is CC(C)CNC(=O)c1ccc(Br)cc1F. The topological polar surface area (TPSA) is 29.1 Å². The summed E-state index contributed by atoms with van der Waals surface area (Å²) in [6, 6.07) is 4.40. The Morgan fingerprint density at radius 2 is 2.20 bits per heavy atom. The number of nitrogens with one attached hydrogen (secondary N) is 1. The van der Waals surface area contributed by atoms with Crippen molar-refractivity contribution in [1.29, 1.82) is 0 Å². The molecule has 0 radical (unpaired) electrons. The van der Waals surface area contributed by atoms with Crippen molar-refractivity contribution in [3.8, 4) is 0 Å². The van der Waals surface area contributed by atoms with E-state index in [4.69, 9.17) is 0 Å². The Hall–Kier alpha value is -0.900. The van der Waals surface area contributed by atoms with Crippen LogP contribution in [0.2, 0.25) is 0 Å². The molecule has 82 valence electrons. The van der Waals surface area contributed by atoms with Crippen molar-refractivity contribution < 1.29 is 9.18 Å². The summed E-state index contributed by atoms with van der Waals surface area (Å²) in [4.78, 5) is 11.5. The molecule has 0 fully saturated rings. The zero-order valence-electron chi connectivity index (χ0n) is 8.68. The Morgan fingerprint density at radius 3 is 2.73 bits per heavy atom. The summed E-state index contributed by atoms with van der Waals surface area (Å²) >= 11 is 3.14. The van der Waals surface area contributed by atoms with E-state index in [1.54, 1.807) is 6.07 Å².